The molecule has 0 aliphatic carbocycles. The maximum absolute atomic E-state index is 14.4. The highest BCUT2D eigenvalue weighted by Crippen LogP contribution is 2.41. The molecule has 1 amide bonds. The molecule has 3 aromatic carbocycles. The van der Waals surface area contributed by atoms with Gasteiger partial charge in [-0.25, -0.2) is 18.4 Å². The number of nitrogens with zero attached hydrogens (tertiary/aromatic N) is 3. The molecule has 2 atom stereocenters. The van der Waals surface area contributed by atoms with Crippen molar-refractivity contribution in [2.24, 2.45) is 0 Å². The summed E-state index contributed by atoms with van der Waals surface area (Å²) in [6.45, 7) is 9.62. The van der Waals surface area contributed by atoms with Gasteiger partial charge in [-0.2, -0.15) is 0 Å². The van der Waals surface area contributed by atoms with E-state index in [1.165, 1.54) is 37.8 Å². The van der Waals surface area contributed by atoms with E-state index in [2.05, 4.69) is 20.0 Å². The fourth-order valence-electron chi connectivity index (χ4n) is 5.72. The number of sulfonamides is 1. The van der Waals surface area contributed by atoms with Gasteiger partial charge in [-0.1, -0.05) is 58.0 Å². The van der Waals surface area contributed by atoms with Crippen molar-refractivity contribution in [3.05, 3.63) is 95.9 Å². The smallest absolute Gasteiger partial charge is 0.262 e. The summed E-state index contributed by atoms with van der Waals surface area (Å²) in [4.78, 5) is 24.6. The van der Waals surface area contributed by atoms with Crippen molar-refractivity contribution in [3.8, 4) is 17.4 Å². The van der Waals surface area contributed by atoms with Gasteiger partial charge in [0.25, 0.3) is 10.0 Å². The molecular weight excluding hydrogens is 646 g/mol. The van der Waals surface area contributed by atoms with Crippen molar-refractivity contribution in [3.63, 3.8) is 0 Å². The third kappa shape index (κ3) is 8.48. The number of amides is 1. The van der Waals surface area contributed by atoms with Crippen LogP contribution in [0.15, 0.2) is 84.1 Å². The molecule has 1 aliphatic rings. The van der Waals surface area contributed by atoms with Crippen molar-refractivity contribution in [2.45, 2.75) is 56.6 Å². The molecule has 0 radical (unpaired) electrons. The van der Waals surface area contributed by atoms with Crippen LogP contribution in [0, 0.1) is 0 Å². The van der Waals surface area contributed by atoms with E-state index in [0.717, 1.165) is 11.1 Å². The number of hydrogen-bond acceptors (Lipinski definition) is 10. The van der Waals surface area contributed by atoms with Crippen LogP contribution in [0.1, 0.15) is 50.5 Å². The first-order chi connectivity index (χ1) is 23.4. The zero-order chi connectivity index (χ0) is 35.2. The lowest BCUT2D eigenvalue weighted by molar-refractivity contribution is -0.127. The number of benzene rings is 3. The van der Waals surface area contributed by atoms with Crippen LogP contribution in [0.5, 0.6) is 17.4 Å². The molecular formula is C36H43N5O7S. The van der Waals surface area contributed by atoms with Gasteiger partial charge in [0.1, 0.15) is 12.4 Å². The Morgan fingerprint density at radius 1 is 1.04 bits per heavy atom. The molecule has 0 spiro atoms. The number of para-hydroxylation sites is 1. The molecule has 49 heavy (non-hydrogen) atoms. The van der Waals surface area contributed by atoms with Crippen molar-refractivity contribution >= 4 is 27.3 Å². The minimum absolute atomic E-state index is 0.0348. The van der Waals surface area contributed by atoms with E-state index in [4.69, 9.17) is 14.2 Å². The van der Waals surface area contributed by atoms with Crippen LogP contribution in [0.4, 0.5) is 11.4 Å². The SMILES string of the molecule is CCc1ccccc1NC(=O)C(C(Oc1ccncn1)c1cc(O)c(OC)c(NS(=O)(=O)c2cccc(C(C)(C)C)c2)c1)N1CCOCC1. The second-order valence-electron chi connectivity index (χ2n) is 12.7. The van der Waals surface area contributed by atoms with Crippen molar-refractivity contribution in [1.82, 2.24) is 14.9 Å². The van der Waals surface area contributed by atoms with Gasteiger partial charge in [-0.05, 0) is 53.3 Å². The van der Waals surface area contributed by atoms with Crippen molar-refractivity contribution < 1.29 is 32.5 Å². The van der Waals surface area contributed by atoms with Gasteiger partial charge in [-0.15, -0.1) is 0 Å². The van der Waals surface area contributed by atoms with Gasteiger partial charge in [0.05, 0.1) is 30.9 Å². The first kappa shape index (κ1) is 35.6. The molecule has 1 aromatic heterocycles. The number of phenolic OH excluding ortho intramolecular Hbond substituents is 1. The number of phenols is 1. The minimum Gasteiger partial charge on any atom is -0.504 e. The summed E-state index contributed by atoms with van der Waals surface area (Å²) in [6, 6.07) is 17.7. The number of carbonyl (C=O) groups is 1. The molecule has 5 rings (SSSR count). The van der Waals surface area contributed by atoms with Gasteiger partial charge >= 0.3 is 0 Å². The topological polar surface area (TPSA) is 152 Å². The van der Waals surface area contributed by atoms with Crippen molar-refractivity contribution in [1.29, 1.82) is 0 Å². The molecule has 0 bridgehead atoms. The third-order valence-corrected chi connectivity index (χ3v) is 9.70. The molecule has 260 valence electrons. The molecule has 1 aliphatic heterocycles. The summed E-state index contributed by atoms with van der Waals surface area (Å²) >= 11 is 0. The zero-order valence-corrected chi connectivity index (χ0v) is 29.2. The molecule has 12 nitrogen and oxygen atoms in total. The molecule has 13 heteroatoms. The van der Waals surface area contributed by atoms with Crippen LogP contribution in [0.2, 0.25) is 0 Å². The first-order valence-electron chi connectivity index (χ1n) is 16.1. The standard InChI is InChI=1S/C36H43N5O7S/c1-6-24-10-7-8-13-28(24)39-35(43)32(41-16-18-47-19-17-41)33(48-31-14-15-37-23-38-31)25-20-29(34(46-5)30(42)21-25)40-49(44,45)27-12-9-11-26(22-27)36(2,3)4/h7-15,20-23,32-33,40,42H,6,16-19H2,1-5H3,(H,39,43). The Labute approximate surface area is 287 Å². The summed E-state index contributed by atoms with van der Waals surface area (Å²) in [5.41, 5.74) is 2.43. The highest BCUT2D eigenvalue weighted by atomic mass is 32.2. The van der Waals surface area contributed by atoms with E-state index < -0.39 is 22.2 Å². The zero-order valence-electron chi connectivity index (χ0n) is 28.3. The Bertz CT molecular complexity index is 1860. The minimum atomic E-state index is -4.16. The second kappa shape index (κ2) is 15.2. The molecule has 0 saturated carbocycles. The number of anilines is 2. The average Bonchev–Trinajstić information content (AvgIpc) is 3.08. The van der Waals surface area contributed by atoms with E-state index in [9.17, 15) is 18.3 Å². The van der Waals surface area contributed by atoms with Crippen LogP contribution >= 0.6 is 0 Å². The van der Waals surface area contributed by atoms with E-state index in [0.29, 0.717) is 44.0 Å². The second-order valence-corrected chi connectivity index (χ2v) is 14.4. The molecule has 4 aromatic rings. The normalized spacial score (nSPS) is 15.2. The van der Waals surface area contributed by atoms with Crippen LogP contribution in [0.3, 0.4) is 0 Å². The summed E-state index contributed by atoms with van der Waals surface area (Å²) in [5, 5.41) is 14.4. The fourth-order valence-corrected chi connectivity index (χ4v) is 6.82. The maximum atomic E-state index is 14.4. The molecule has 3 N–H and O–H groups in total. The quantitative estimate of drug-likeness (QED) is 0.178. The number of ether oxygens (including phenoxy) is 3. The lowest BCUT2D eigenvalue weighted by Gasteiger charge is -2.38. The Morgan fingerprint density at radius 3 is 2.47 bits per heavy atom. The number of aromatic nitrogens is 2. The lowest BCUT2D eigenvalue weighted by Crippen LogP contribution is -2.53. The number of carbonyl (C=O) groups excluding carboxylic acids is 1. The van der Waals surface area contributed by atoms with E-state index in [1.807, 2.05) is 62.9 Å². The van der Waals surface area contributed by atoms with Gasteiger partial charge < -0.3 is 24.6 Å². The molecule has 1 fully saturated rings. The van der Waals surface area contributed by atoms with Gasteiger partial charge in [0.2, 0.25) is 11.8 Å². The number of morpholine rings is 1. The highest BCUT2D eigenvalue weighted by Gasteiger charge is 2.39. The maximum Gasteiger partial charge on any atom is 0.262 e. The Balaban J connectivity index is 1.62. The van der Waals surface area contributed by atoms with Crippen LogP contribution in [0.25, 0.3) is 0 Å². The van der Waals surface area contributed by atoms with E-state index in [-0.39, 0.29) is 39.3 Å². The molecule has 2 unspecified atom stereocenters. The van der Waals surface area contributed by atoms with Crippen molar-refractivity contribution in [2.75, 3.05) is 43.5 Å². The molecule has 1 saturated heterocycles. The highest BCUT2D eigenvalue weighted by molar-refractivity contribution is 7.92. The Hall–Kier alpha value is -4.72. The van der Waals surface area contributed by atoms with E-state index >= 15 is 0 Å². The van der Waals surface area contributed by atoms with Crippen LogP contribution in [-0.4, -0.2) is 73.8 Å². The summed E-state index contributed by atoms with van der Waals surface area (Å²) in [7, 11) is -2.83. The Morgan fingerprint density at radius 2 is 1.80 bits per heavy atom. The van der Waals surface area contributed by atoms with Crippen LogP contribution < -0.4 is 19.5 Å². The number of methoxy groups -OCH3 is 1. The monoisotopic (exact) mass is 689 g/mol. The number of aromatic hydroxyl groups is 1. The van der Waals surface area contributed by atoms with Gasteiger partial charge in [-0.3, -0.25) is 14.4 Å². The van der Waals surface area contributed by atoms with Crippen LogP contribution in [-0.2, 0) is 31.4 Å². The first-order valence-corrected chi connectivity index (χ1v) is 17.6. The number of aryl methyl sites for hydroxylation is 1. The number of nitrogens with one attached hydrogen (secondary N) is 2. The van der Waals surface area contributed by atoms with Gasteiger partial charge in [0, 0.05) is 36.6 Å². The number of rotatable bonds is 12. The van der Waals surface area contributed by atoms with E-state index in [1.54, 1.807) is 18.2 Å². The Kier molecular flexibility index (Phi) is 11.1. The fraction of sp³-hybridized carbons (Fsp3) is 0.361. The summed E-state index contributed by atoms with van der Waals surface area (Å²) in [5.74, 6) is -0.631. The predicted molar refractivity (Wildman–Crippen MR) is 187 cm³/mol. The van der Waals surface area contributed by atoms with Gasteiger partial charge in [0.15, 0.2) is 17.6 Å². The number of hydrogen-bond donors (Lipinski definition) is 3. The lowest BCUT2D eigenvalue weighted by atomic mass is 9.87. The largest absolute Gasteiger partial charge is 0.504 e. The summed E-state index contributed by atoms with van der Waals surface area (Å²) in [6.07, 6.45) is 2.45. The molecule has 2 heterocycles. The predicted octanol–water partition coefficient (Wildman–Crippen LogP) is 5.31. The summed E-state index contributed by atoms with van der Waals surface area (Å²) < 4.78 is 47.8. The third-order valence-electron chi connectivity index (χ3n) is 8.33. The average molecular weight is 690 g/mol.